The average molecular weight is 602 g/mol. The van der Waals surface area contributed by atoms with E-state index in [4.69, 9.17) is 16.6 Å². The molecule has 3 aromatic carbocycles. The number of aromatic nitrogens is 4. The van der Waals surface area contributed by atoms with Crippen LogP contribution in [0, 0.1) is 17.0 Å². The SMILES string of the molecule is Cc1ccc2c(c1)c1nnc(SC(C)C(=O)N3CCN(c4ccc([N+](=O)[O-])cc4)CC3)nc1n2Cc1cccc(Cl)c1. The van der Waals surface area contributed by atoms with Gasteiger partial charge in [-0.15, -0.1) is 10.2 Å². The van der Waals surface area contributed by atoms with E-state index in [2.05, 4.69) is 37.9 Å². The number of non-ortho nitro benzene ring substituents is 1. The Bertz CT molecular complexity index is 1800. The molecule has 1 aliphatic rings. The summed E-state index contributed by atoms with van der Waals surface area (Å²) in [6, 6.07) is 20.5. The fourth-order valence-corrected chi connectivity index (χ4v) is 6.32. The van der Waals surface area contributed by atoms with Gasteiger partial charge in [-0.05, 0) is 55.8 Å². The van der Waals surface area contributed by atoms with Crippen molar-refractivity contribution in [2.45, 2.75) is 30.8 Å². The molecule has 1 aliphatic heterocycles. The molecule has 214 valence electrons. The zero-order valence-corrected chi connectivity index (χ0v) is 24.7. The first kappa shape index (κ1) is 27.9. The standard InChI is InChI=1S/C30H28ClN7O3S/c1-19-6-11-26-25(16-19)27-28(37(26)18-21-4-3-5-22(31)17-21)32-30(34-33-27)42-20(2)29(39)36-14-12-35(13-15-36)23-7-9-24(10-8-23)38(40)41/h3-11,16-17,20H,12-15,18H2,1-2H3. The second-order valence-corrected chi connectivity index (χ2v) is 12.1. The fourth-order valence-electron chi connectivity index (χ4n) is 5.32. The molecule has 10 nitrogen and oxygen atoms in total. The van der Waals surface area contributed by atoms with Crippen LogP contribution in [0.25, 0.3) is 22.1 Å². The van der Waals surface area contributed by atoms with Gasteiger partial charge in [-0.2, -0.15) is 0 Å². The predicted molar refractivity (Wildman–Crippen MR) is 165 cm³/mol. The summed E-state index contributed by atoms with van der Waals surface area (Å²) in [7, 11) is 0. The normalized spacial score (nSPS) is 14.5. The number of rotatable bonds is 7. The molecule has 0 saturated carbocycles. The first-order valence-corrected chi connectivity index (χ1v) is 14.8. The maximum Gasteiger partial charge on any atom is 0.269 e. The number of nitrogens with zero attached hydrogens (tertiary/aromatic N) is 7. The Morgan fingerprint density at radius 1 is 1.05 bits per heavy atom. The van der Waals surface area contributed by atoms with Crippen LogP contribution in [0.4, 0.5) is 11.4 Å². The lowest BCUT2D eigenvalue weighted by Crippen LogP contribution is -2.50. The van der Waals surface area contributed by atoms with Crippen molar-refractivity contribution in [3.05, 3.63) is 93.0 Å². The maximum absolute atomic E-state index is 13.4. The number of hydrogen-bond donors (Lipinski definition) is 0. The number of nitro benzene ring substituents is 1. The quantitative estimate of drug-likeness (QED) is 0.132. The van der Waals surface area contributed by atoms with Crippen molar-refractivity contribution in [2.24, 2.45) is 0 Å². The highest BCUT2D eigenvalue weighted by Gasteiger charge is 2.27. The highest BCUT2D eigenvalue weighted by Crippen LogP contribution is 2.31. The van der Waals surface area contributed by atoms with E-state index in [0.29, 0.717) is 48.6 Å². The Morgan fingerprint density at radius 3 is 2.52 bits per heavy atom. The molecule has 42 heavy (non-hydrogen) atoms. The number of nitro groups is 1. The fraction of sp³-hybridized carbons (Fsp3) is 0.267. The Morgan fingerprint density at radius 2 is 1.81 bits per heavy atom. The minimum absolute atomic E-state index is 0.0159. The van der Waals surface area contributed by atoms with Gasteiger partial charge < -0.3 is 14.4 Å². The van der Waals surface area contributed by atoms with E-state index < -0.39 is 10.2 Å². The number of amides is 1. The Balaban J connectivity index is 1.19. The lowest BCUT2D eigenvalue weighted by molar-refractivity contribution is -0.384. The van der Waals surface area contributed by atoms with Crippen molar-refractivity contribution in [3.63, 3.8) is 0 Å². The molecule has 1 fully saturated rings. The molecule has 0 bridgehead atoms. The molecule has 6 rings (SSSR count). The lowest BCUT2D eigenvalue weighted by atomic mass is 10.1. The number of piperazine rings is 1. The third kappa shape index (κ3) is 5.62. The Labute approximate surface area is 251 Å². The largest absolute Gasteiger partial charge is 0.368 e. The van der Waals surface area contributed by atoms with E-state index in [-0.39, 0.29) is 11.6 Å². The van der Waals surface area contributed by atoms with Crippen molar-refractivity contribution >= 4 is 62.7 Å². The first-order valence-electron chi connectivity index (χ1n) is 13.6. The van der Waals surface area contributed by atoms with Gasteiger partial charge in [-0.3, -0.25) is 14.9 Å². The van der Waals surface area contributed by atoms with Crippen molar-refractivity contribution in [1.82, 2.24) is 24.6 Å². The van der Waals surface area contributed by atoms with Crippen LogP contribution in [0.1, 0.15) is 18.1 Å². The van der Waals surface area contributed by atoms with Crippen LogP contribution >= 0.6 is 23.4 Å². The van der Waals surface area contributed by atoms with Crippen molar-refractivity contribution < 1.29 is 9.72 Å². The number of anilines is 1. The minimum atomic E-state index is -0.406. The molecular weight excluding hydrogens is 574 g/mol. The van der Waals surface area contributed by atoms with Crippen molar-refractivity contribution in [2.75, 3.05) is 31.1 Å². The molecule has 1 atom stereocenters. The van der Waals surface area contributed by atoms with Gasteiger partial charge in [0.15, 0.2) is 5.65 Å². The Hall–Kier alpha value is -4.22. The zero-order chi connectivity index (χ0) is 29.4. The summed E-state index contributed by atoms with van der Waals surface area (Å²) in [6.07, 6.45) is 0. The van der Waals surface area contributed by atoms with Crippen LogP contribution in [0.15, 0.2) is 71.9 Å². The van der Waals surface area contributed by atoms with Gasteiger partial charge in [0.2, 0.25) is 11.1 Å². The Kier molecular flexibility index (Phi) is 7.70. The van der Waals surface area contributed by atoms with Gasteiger partial charge in [-0.1, -0.05) is 47.1 Å². The van der Waals surface area contributed by atoms with Crippen LogP contribution in [-0.4, -0.2) is 66.9 Å². The van der Waals surface area contributed by atoms with E-state index in [9.17, 15) is 14.9 Å². The number of carbonyl (C=O) groups excluding carboxylic acids is 1. The summed E-state index contributed by atoms with van der Waals surface area (Å²) in [5.41, 5.74) is 5.59. The summed E-state index contributed by atoms with van der Waals surface area (Å²) in [5, 5.41) is 21.6. The highest BCUT2D eigenvalue weighted by atomic mass is 35.5. The van der Waals surface area contributed by atoms with E-state index in [1.165, 1.54) is 23.9 Å². The highest BCUT2D eigenvalue weighted by molar-refractivity contribution is 8.00. The molecule has 1 saturated heterocycles. The van der Waals surface area contributed by atoms with E-state index >= 15 is 0 Å². The topological polar surface area (TPSA) is 110 Å². The smallest absolute Gasteiger partial charge is 0.269 e. The molecule has 0 spiro atoms. The third-order valence-corrected chi connectivity index (χ3v) is 8.65. The van der Waals surface area contributed by atoms with Crippen molar-refractivity contribution in [3.8, 4) is 0 Å². The second-order valence-electron chi connectivity index (χ2n) is 10.3. The average Bonchev–Trinajstić information content (AvgIpc) is 3.28. The monoisotopic (exact) mass is 601 g/mol. The number of carbonyl (C=O) groups is 1. The van der Waals surface area contributed by atoms with Gasteiger partial charge >= 0.3 is 0 Å². The van der Waals surface area contributed by atoms with Crippen LogP contribution in [0.5, 0.6) is 0 Å². The number of thioether (sulfide) groups is 1. The number of benzene rings is 3. The van der Waals surface area contributed by atoms with Gasteiger partial charge in [0.25, 0.3) is 5.69 Å². The summed E-state index contributed by atoms with van der Waals surface area (Å²) in [5.74, 6) is 0.0159. The predicted octanol–water partition coefficient (Wildman–Crippen LogP) is 5.73. The molecule has 0 N–H and O–H groups in total. The van der Waals surface area contributed by atoms with E-state index in [1.807, 2.05) is 43.0 Å². The third-order valence-electron chi connectivity index (χ3n) is 7.48. The zero-order valence-electron chi connectivity index (χ0n) is 23.1. The van der Waals surface area contributed by atoms with Crippen LogP contribution in [0.2, 0.25) is 5.02 Å². The van der Waals surface area contributed by atoms with E-state index in [0.717, 1.165) is 33.2 Å². The summed E-state index contributed by atoms with van der Waals surface area (Å²) >= 11 is 7.57. The van der Waals surface area contributed by atoms with Gasteiger partial charge in [0.05, 0.1) is 15.7 Å². The molecule has 3 heterocycles. The van der Waals surface area contributed by atoms with Crippen LogP contribution in [0.3, 0.4) is 0 Å². The number of aryl methyl sites for hydroxylation is 1. The molecule has 0 radical (unpaired) electrons. The number of fused-ring (bicyclic) bond motifs is 3. The number of halogens is 1. The number of hydrogen-bond acceptors (Lipinski definition) is 8. The molecule has 1 unspecified atom stereocenters. The van der Waals surface area contributed by atoms with Crippen LogP contribution < -0.4 is 4.90 Å². The first-order chi connectivity index (χ1) is 20.3. The second kappa shape index (κ2) is 11.6. The van der Waals surface area contributed by atoms with Gasteiger partial charge in [0, 0.05) is 61.0 Å². The molecule has 0 aliphatic carbocycles. The van der Waals surface area contributed by atoms with Crippen molar-refractivity contribution in [1.29, 1.82) is 0 Å². The minimum Gasteiger partial charge on any atom is -0.368 e. The van der Waals surface area contributed by atoms with E-state index in [1.54, 1.807) is 12.1 Å². The molecular formula is C30H28ClN7O3S. The molecule has 1 amide bonds. The summed E-state index contributed by atoms with van der Waals surface area (Å²) in [6.45, 7) is 6.90. The van der Waals surface area contributed by atoms with Gasteiger partial charge in [-0.25, -0.2) is 4.98 Å². The summed E-state index contributed by atoms with van der Waals surface area (Å²) < 4.78 is 2.12. The van der Waals surface area contributed by atoms with Gasteiger partial charge in [0.1, 0.15) is 5.52 Å². The lowest BCUT2D eigenvalue weighted by Gasteiger charge is -2.37. The van der Waals surface area contributed by atoms with Crippen LogP contribution in [-0.2, 0) is 11.3 Å². The molecule has 2 aromatic heterocycles. The molecule has 5 aromatic rings. The summed E-state index contributed by atoms with van der Waals surface area (Å²) in [4.78, 5) is 32.8. The maximum atomic E-state index is 13.4. The molecule has 12 heteroatoms.